The number of ether oxygens (including phenoxy) is 2. The van der Waals surface area contributed by atoms with E-state index >= 15 is 0 Å². The van der Waals surface area contributed by atoms with Crippen molar-refractivity contribution in [2.75, 3.05) is 13.7 Å². The molecule has 4 rings (SSSR count). The van der Waals surface area contributed by atoms with Crippen LogP contribution in [-0.4, -0.2) is 49.0 Å². The Morgan fingerprint density at radius 1 is 1.09 bits per heavy atom. The molecule has 8 heteroatoms. The van der Waals surface area contributed by atoms with Crippen molar-refractivity contribution in [2.45, 2.75) is 30.8 Å². The Morgan fingerprint density at radius 3 is 2.56 bits per heavy atom. The normalized spacial score (nSPS) is 36.1. The topological polar surface area (TPSA) is 63.1 Å². The van der Waals surface area contributed by atoms with Gasteiger partial charge in [0.2, 0.25) is 0 Å². The van der Waals surface area contributed by atoms with E-state index in [1.165, 1.54) is 7.11 Å². The van der Waals surface area contributed by atoms with Crippen molar-refractivity contribution in [3.05, 3.63) is 72.6 Å². The zero-order valence-electron chi connectivity index (χ0n) is 17.7. The number of halogens is 3. The van der Waals surface area contributed by atoms with E-state index in [4.69, 9.17) is 9.47 Å². The lowest BCUT2D eigenvalue weighted by Gasteiger charge is -2.37. The maximum absolute atomic E-state index is 13.8. The van der Waals surface area contributed by atoms with E-state index in [-0.39, 0.29) is 5.92 Å². The van der Waals surface area contributed by atoms with Crippen LogP contribution in [0, 0.1) is 23.7 Å². The van der Waals surface area contributed by atoms with Crippen LogP contribution >= 0.6 is 0 Å². The van der Waals surface area contributed by atoms with Gasteiger partial charge in [-0.05, 0) is 18.6 Å². The fourth-order valence-electron chi connectivity index (χ4n) is 4.67. The highest BCUT2D eigenvalue weighted by Crippen LogP contribution is 2.40. The van der Waals surface area contributed by atoms with Crippen LogP contribution in [0.2, 0.25) is 0 Å². The number of allylic oxidation sites excluding steroid dienone is 6. The number of hydrogen-bond donors (Lipinski definition) is 2. The first-order valence-electron chi connectivity index (χ1n) is 10.7. The molecule has 2 N–H and O–H groups in total. The summed E-state index contributed by atoms with van der Waals surface area (Å²) in [5, 5.41) is 14.5. The van der Waals surface area contributed by atoms with Gasteiger partial charge in [0.05, 0.1) is 24.9 Å². The van der Waals surface area contributed by atoms with Gasteiger partial charge in [-0.3, -0.25) is 0 Å². The quantitative estimate of drug-likeness (QED) is 0.649. The zero-order chi connectivity index (χ0) is 22.7. The summed E-state index contributed by atoms with van der Waals surface area (Å²) in [6, 6.07) is -0.749. The number of hydrazone groups is 1. The highest BCUT2D eigenvalue weighted by Gasteiger charge is 2.53. The molecule has 5 nitrogen and oxygen atoms in total. The summed E-state index contributed by atoms with van der Waals surface area (Å²) in [6.45, 7) is 0.467. The molecule has 7 unspecified atom stereocenters. The molecular formula is C24H27F3N2O3. The van der Waals surface area contributed by atoms with Crippen LogP contribution in [-0.2, 0) is 9.47 Å². The number of nitrogens with zero attached hydrogens (tertiary/aromatic N) is 1. The lowest BCUT2D eigenvalue weighted by atomic mass is 9.72. The molecule has 32 heavy (non-hydrogen) atoms. The van der Waals surface area contributed by atoms with Crippen molar-refractivity contribution in [2.24, 2.45) is 28.8 Å². The monoisotopic (exact) mass is 448 g/mol. The van der Waals surface area contributed by atoms with E-state index in [0.717, 1.165) is 6.42 Å². The first kappa shape index (κ1) is 22.6. The Labute approximate surface area is 185 Å². The van der Waals surface area contributed by atoms with Crippen LogP contribution in [0.4, 0.5) is 13.2 Å². The molecule has 0 aromatic heterocycles. The van der Waals surface area contributed by atoms with Crippen molar-refractivity contribution in [1.29, 1.82) is 0 Å². The Balaban J connectivity index is 1.49. The summed E-state index contributed by atoms with van der Waals surface area (Å²) in [5.74, 6) is -1.42. The van der Waals surface area contributed by atoms with Crippen LogP contribution < -0.4 is 5.43 Å². The van der Waals surface area contributed by atoms with Crippen molar-refractivity contribution >= 4 is 5.71 Å². The average molecular weight is 448 g/mol. The van der Waals surface area contributed by atoms with Crippen LogP contribution in [0.1, 0.15) is 6.42 Å². The first-order valence-corrected chi connectivity index (χ1v) is 10.7. The molecule has 0 radical (unpaired) electrons. The average Bonchev–Trinajstić information content (AvgIpc) is 3.23. The Bertz CT molecular complexity index is 901. The minimum absolute atomic E-state index is 0.255. The van der Waals surface area contributed by atoms with Crippen molar-refractivity contribution in [1.82, 2.24) is 5.43 Å². The maximum atomic E-state index is 13.8. The van der Waals surface area contributed by atoms with Crippen molar-refractivity contribution < 1.29 is 27.8 Å². The van der Waals surface area contributed by atoms with Crippen molar-refractivity contribution in [3.63, 3.8) is 0 Å². The highest BCUT2D eigenvalue weighted by atomic mass is 19.4. The molecule has 7 atom stereocenters. The predicted molar refractivity (Wildman–Crippen MR) is 116 cm³/mol. The van der Waals surface area contributed by atoms with Gasteiger partial charge in [-0.1, -0.05) is 54.7 Å². The third kappa shape index (κ3) is 4.76. The standard InChI is InChI=1S/C24H27F3N2O3/c1-31-20-10-6-5-9-18(20)21-22(28-29-23(21)24(25,26)27)17-12-11-16(13-19(17)30)32-14-15-7-3-2-4-8-15/h2-7,9-13,15,17-22,28,30H,8,14H2,1H3. The van der Waals surface area contributed by atoms with Gasteiger partial charge < -0.3 is 20.0 Å². The second-order valence-electron chi connectivity index (χ2n) is 8.34. The number of rotatable bonds is 6. The molecule has 0 bridgehead atoms. The Hall–Kier alpha value is -2.58. The van der Waals surface area contributed by atoms with Crippen LogP contribution in [0.5, 0.6) is 0 Å². The molecule has 0 aromatic rings. The fourth-order valence-corrected chi connectivity index (χ4v) is 4.67. The molecule has 3 aliphatic carbocycles. The summed E-state index contributed by atoms with van der Waals surface area (Å²) in [7, 11) is 1.47. The Morgan fingerprint density at radius 2 is 1.88 bits per heavy atom. The molecule has 0 fully saturated rings. The third-order valence-electron chi connectivity index (χ3n) is 6.30. The van der Waals surface area contributed by atoms with E-state index in [0.29, 0.717) is 12.4 Å². The molecule has 4 aliphatic rings. The van der Waals surface area contributed by atoms with Gasteiger partial charge in [-0.25, -0.2) is 0 Å². The smallest absolute Gasteiger partial charge is 0.431 e. The minimum Gasteiger partial charge on any atom is -0.493 e. The predicted octanol–water partition coefficient (Wildman–Crippen LogP) is 3.83. The Kier molecular flexibility index (Phi) is 6.71. The number of aliphatic hydroxyl groups is 1. The second kappa shape index (κ2) is 9.50. The number of methoxy groups -OCH3 is 1. The van der Waals surface area contributed by atoms with Gasteiger partial charge in [-0.15, -0.1) is 0 Å². The van der Waals surface area contributed by atoms with Crippen LogP contribution in [0.15, 0.2) is 77.7 Å². The van der Waals surface area contributed by atoms with Crippen LogP contribution in [0.25, 0.3) is 0 Å². The summed E-state index contributed by atoms with van der Waals surface area (Å²) < 4.78 is 52.6. The summed E-state index contributed by atoms with van der Waals surface area (Å²) >= 11 is 0. The molecule has 0 saturated carbocycles. The highest BCUT2D eigenvalue weighted by molar-refractivity contribution is 5.94. The van der Waals surface area contributed by atoms with Gasteiger partial charge in [0.1, 0.15) is 11.5 Å². The molecule has 1 heterocycles. The van der Waals surface area contributed by atoms with Gasteiger partial charge in [0.25, 0.3) is 0 Å². The number of alkyl halides is 3. The van der Waals surface area contributed by atoms with E-state index in [1.54, 1.807) is 42.5 Å². The van der Waals surface area contributed by atoms with E-state index < -0.39 is 47.9 Å². The third-order valence-corrected chi connectivity index (χ3v) is 6.30. The molecular weight excluding hydrogens is 421 g/mol. The van der Waals surface area contributed by atoms with Gasteiger partial charge in [0.15, 0.2) is 0 Å². The molecule has 1 aliphatic heterocycles. The first-order chi connectivity index (χ1) is 15.4. The molecule has 0 spiro atoms. The summed E-state index contributed by atoms with van der Waals surface area (Å²) in [4.78, 5) is 0. The molecule has 0 aromatic carbocycles. The zero-order valence-corrected chi connectivity index (χ0v) is 17.7. The van der Waals surface area contributed by atoms with E-state index in [9.17, 15) is 18.3 Å². The molecule has 0 amide bonds. The number of nitrogens with one attached hydrogen (secondary N) is 1. The summed E-state index contributed by atoms with van der Waals surface area (Å²) in [5.41, 5.74) is 1.78. The van der Waals surface area contributed by atoms with Gasteiger partial charge in [-0.2, -0.15) is 18.3 Å². The van der Waals surface area contributed by atoms with Crippen LogP contribution in [0.3, 0.4) is 0 Å². The maximum Gasteiger partial charge on any atom is 0.431 e. The lowest BCUT2D eigenvalue weighted by molar-refractivity contribution is -0.0650. The number of hydrogen-bond acceptors (Lipinski definition) is 5. The number of aliphatic hydroxyl groups excluding tert-OH is 1. The minimum atomic E-state index is -4.59. The second-order valence-corrected chi connectivity index (χ2v) is 8.34. The lowest BCUT2D eigenvalue weighted by Crippen LogP contribution is -2.49. The van der Waals surface area contributed by atoms with E-state index in [2.05, 4.69) is 22.7 Å². The van der Waals surface area contributed by atoms with Gasteiger partial charge >= 0.3 is 6.18 Å². The SMILES string of the molecule is COC1C=CC=CC1C1C(C(F)(F)F)=NNC1C1C=CC(OCC2C=CC=CC2)=CC1O. The fraction of sp³-hybridized carbons (Fsp3) is 0.458. The molecule has 0 saturated heterocycles. The molecule has 172 valence electrons. The van der Waals surface area contributed by atoms with Gasteiger partial charge in [0, 0.05) is 30.8 Å². The summed E-state index contributed by atoms with van der Waals surface area (Å²) in [6.07, 6.45) is 14.8. The van der Waals surface area contributed by atoms with E-state index in [1.807, 2.05) is 12.2 Å². The van der Waals surface area contributed by atoms with Crippen molar-refractivity contribution in [3.8, 4) is 0 Å². The largest absolute Gasteiger partial charge is 0.493 e.